The number of ether oxygens (including phenoxy) is 1. The van der Waals surface area contributed by atoms with E-state index in [0.29, 0.717) is 11.3 Å². The second kappa shape index (κ2) is 8.47. The molecule has 2 aromatic rings. The molecule has 3 fully saturated rings. The van der Waals surface area contributed by atoms with Crippen LogP contribution in [0.15, 0.2) is 48.5 Å². The number of ketones is 1. The fourth-order valence-electron chi connectivity index (χ4n) is 5.41. The van der Waals surface area contributed by atoms with E-state index in [1.807, 2.05) is 19.1 Å². The van der Waals surface area contributed by atoms with Gasteiger partial charge < -0.3 is 4.74 Å². The van der Waals surface area contributed by atoms with Crippen molar-refractivity contribution in [2.75, 3.05) is 11.5 Å². The van der Waals surface area contributed by atoms with Crippen LogP contribution in [0.4, 0.5) is 5.69 Å². The first-order valence-electron chi connectivity index (χ1n) is 10.8. The van der Waals surface area contributed by atoms with Gasteiger partial charge in [-0.15, -0.1) is 0 Å². The number of aryl methyl sites for hydroxylation is 1. The number of amides is 2. The molecule has 170 valence electrons. The number of carbonyl (C=O) groups is 4. The zero-order valence-corrected chi connectivity index (χ0v) is 20.9. The molecular formula is C25H21Br2NO5. The zero-order valence-electron chi connectivity index (χ0n) is 17.7. The first-order valence-corrected chi connectivity index (χ1v) is 12.6. The van der Waals surface area contributed by atoms with Crippen LogP contribution in [0.25, 0.3) is 0 Å². The van der Waals surface area contributed by atoms with Crippen molar-refractivity contribution < 1.29 is 23.9 Å². The summed E-state index contributed by atoms with van der Waals surface area (Å²) >= 11 is 7.37. The number of hydrogen-bond donors (Lipinski definition) is 0. The number of esters is 1. The number of hydrogen-bond acceptors (Lipinski definition) is 5. The van der Waals surface area contributed by atoms with Crippen molar-refractivity contribution >= 4 is 61.1 Å². The largest absolute Gasteiger partial charge is 0.454 e. The molecule has 5 rings (SSSR count). The lowest BCUT2D eigenvalue weighted by Crippen LogP contribution is -2.37. The predicted molar refractivity (Wildman–Crippen MR) is 129 cm³/mol. The number of imide groups is 1. The SMILES string of the molecule is Cc1ccc(C(=O)COC(=O)c2cccc(N3C(=O)C4C5CC(C(Br)C5Br)C4C3=O)c2)cc1. The number of carbonyl (C=O) groups excluding carboxylic acids is 4. The summed E-state index contributed by atoms with van der Waals surface area (Å²) in [6.45, 7) is 1.53. The monoisotopic (exact) mass is 573 g/mol. The summed E-state index contributed by atoms with van der Waals surface area (Å²) < 4.78 is 5.20. The maximum absolute atomic E-state index is 13.2. The van der Waals surface area contributed by atoms with Gasteiger partial charge in [-0.3, -0.25) is 19.3 Å². The Hall–Kier alpha value is -2.32. The van der Waals surface area contributed by atoms with Gasteiger partial charge in [0.1, 0.15) is 0 Å². The molecule has 1 aliphatic heterocycles. The number of anilines is 1. The number of fused-ring (bicyclic) bond motifs is 5. The molecule has 0 N–H and O–H groups in total. The van der Waals surface area contributed by atoms with Crippen molar-refractivity contribution in [3.05, 3.63) is 65.2 Å². The maximum atomic E-state index is 13.2. The minimum absolute atomic E-state index is 0.117. The topological polar surface area (TPSA) is 80.8 Å². The van der Waals surface area contributed by atoms with E-state index in [1.54, 1.807) is 30.3 Å². The maximum Gasteiger partial charge on any atom is 0.338 e. The van der Waals surface area contributed by atoms with Crippen LogP contribution < -0.4 is 4.90 Å². The van der Waals surface area contributed by atoms with Crippen molar-refractivity contribution in [1.29, 1.82) is 0 Å². The van der Waals surface area contributed by atoms with E-state index < -0.39 is 5.97 Å². The van der Waals surface area contributed by atoms with E-state index in [0.717, 1.165) is 12.0 Å². The highest BCUT2D eigenvalue weighted by Gasteiger charge is 2.66. The third-order valence-corrected chi connectivity index (χ3v) is 10.2. The number of nitrogens with zero attached hydrogens (tertiary/aromatic N) is 1. The molecule has 3 aliphatic rings. The summed E-state index contributed by atoms with van der Waals surface area (Å²) in [5, 5.41) is 0. The third-order valence-electron chi connectivity index (χ3n) is 7.04. The smallest absolute Gasteiger partial charge is 0.338 e. The van der Waals surface area contributed by atoms with Crippen LogP contribution in [0.3, 0.4) is 0 Å². The Labute approximate surface area is 207 Å². The van der Waals surface area contributed by atoms with Crippen LogP contribution >= 0.6 is 31.9 Å². The molecule has 33 heavy (non-hydrogen) atoms. The average molecular weight is 575 g/mol. The highest BCUT2D eigenvalue weighted by molar-refractivity contribution is 9.12. The Bertz CT molecular complexity index is 1130. The van der Waals surface area contributed by atoms with E-state index in [4.69, 9.17) is 4.74 Å². The number of benzene rings is 2. The lowest BCUT2D eigenvalue weighted by molar-refractivity contribution is -0.123. The van der Waals surface area contributed by atoms with Gasteiger partial charge in [0.25, 0.3) is 0 Å². The van der Waals surface area contributed by atoms with Crippen LogP contribution in [0.5, 0.6) is 0 Å². The number of alkyl halides is 2. The number of halogens is 2. The van der Waals surface area contributed by atoms with Crippen LogP contribution in [-0.4, -0.2) is 39.8 Å². The van der Waals surface area contributed by atoms with Crippen molar-refractivity contribution in [2.45, 2.75) is 23.0 Å². The summed E-state index contributed by atoms with van der Waals surface area (Å²) in [6, 6.07) is 13.3. The summed E-state index contributed by atoms with van der Waals surface area (Å²) in [4.78, 5) is 52.9. The normalized spacial score (nSPS) is 30.0. The van der Waals surface area contributed by atoms with Gasteiger partial charge in [0, 0.05) is 15.2 Å². The Morgan fingerprint density at radius 3 is 2.15 bits per heavy atom. The van der Waals surface area contributed by atoms with Crippen molar-refractivity contribution in [2.24, 2.45) is 23.7 Å². The van der Waals surface area contributed by atoms with E-state index in [1.165, 1.54) is 11.0 Å². The molecule has 2 aliphatic carbocycles. The number of Topliss-reactive ketones (excluding diaryl/α,β-unsaturated/α-hetero) is 1. The molecule has 1 saturated heterocycles. The van der Waals surface area contributed by atoms with E-state index in [2.05, 4.69) is 31.9 Å². The molecule has 6 atom stereocenters. The van der Waals surface area contributed by atoms with Gasteiger partial charge >= 0.3 is 5.97 Å². The lowest BCUT2D eigenvalue weighted by atomic mass is 9.81. The highest BCUT2D eigenvalue weighted by Crippen LogP contribution is 2.60. The second-order valence-electron chi connectivity index (χ2n) is 8.93. The van der Waals surface area contributed by atoms with Gasteiger partial charge in [-0.25, -0.2) is 4.79 Å². The molecular weight excluding hydrogens is 554 g/mol. The van der Waals surface area contributed by atoms with E-state index in [9.17, 15) is 19.2 Å². The molecule has 8 heteroatoms. The number of rotatable bonds is 5. The zero-order chi connectivity index (χ0) is 23.4. The van der Waals surface area contributed by atoms with Crippen LogP contribution in [0, 0.1) is 30.6 Å². The quantitative estimate of drug-likeness (QED) is 0.230. The van der Waals surface area contributed by atoms with Gasteiger partial charge in [-0.2, -0.15) is 0 Å². The summed E-state index contributed by atoms with van der Waals surface area (Å²) in [7, 11) is 0. The molecule has 6 nitrogen and oxygen atoms in total. The molecule has 2 amide bonds. The summed E-state index contributed by atoms with van der Waals surface area (Å²) in [6.07, 6.45) is 0.855. The molecule has 6 unspecified atom stereocenters. The molecule has 0 radical (unpaired) electrons. The Morgan fingerprint density at radius 2 is 1.55 bits per heavy atom. The van der Waals surface area contributed by atoms with Gasteiger partial charge in [-0.05, 0) is 43.4 Å². The summed E-state index contributed by atoms with van der Waals surface area (Å²) in [5.74, 6) is -1.83. The second-order valence-corrected chi connectivity index (χ2v) is 11.0. The van der Waals surface area contributed by atoms with Gasteiger partial charge in [0.2, 0.25) is 11.8 Å². The molecule has 0 spiro atoms. The molecule has 0 aromatic heterocycles. The van der Waals surface area contributed by atoms with Crippen LogP contribution in [0.2, 0.25) is 0 Å². The van der Waals surface area contributed by atoms with Crippen molar-refractivity contribution in [3.8, 4) is 0 Å². The third kappa shape index (κ3) is 3.67. The fourth-order valence-corrected chi connectivity index (χ4v) is 7.29. The van der Waals surface area contributed by atoms with E-state index in [-0.39, 0.29) is 63.1 Å². The highest BCUT2D eigenvalue weighted by atomic mass is 79.9. The van der Waals surface area contributed by atoms with E-state index >= 15 is 0 Å². The van der Waals surface area contributed by atoms with Crippen LogP contribution in [-0.2, 0) is 14.3 Å². The predicted octanol–water partition coefficient (Wildman–Crippen LogP) is 4.32. The first kappa shape index (κ1) is 22.5. The minimum atomic E-state index is -0.683. The molecule has 2 aromatic carbocycles. The summed E-state index contributed by atoms with van der Waals surface area (Å²) in [5.41, 5.74) is 2.03. The standard InChI is InChI=1S/C25H21Br2NO5/c1-12-5-7-13(8-6-12)18(29)11-33-25(32)14-3-2-4-15(9-14)28-23(30)19-16-10-17(20(19)24(28)31)22(27)21(16)26/h2-9,16-17,19-22H,10-11H2,1H3. The molecule has 2 saturated carbocycles. The average Bonchev–Trinajstić information content (AvgIpc) is 3.42. The fraction of sp³-hybridized carbons (Fsp3) is 0.360. The Kier molecular flexibility index (Phi) is 5.77. The molecule has 2 bridgehead atoms. The molecule has 1 heterocycles. The van der Waals surface area contributed by atoms with Gasteiger partial charge in [0.05, 0.1) is 23.1 Å². The minimum Gasteiger partial charge on any atom is -0.454 e. The Morgan fingerprint density at radius 1 is 0.939 bits per heavy atom. The van der Waals surface area contributed by atoms with Gasteiger partial charge in [0.15, 0.2) is 12.4 Å². The van der Waals surface area contributed by atoms with Crippen molar-refractivity contribution in [3.63, 3.8) is 0 Å². The van der Waals surface area contributed by atoms with Gasteiger partial charge in [-0.1, -0.05) is 67.8 Å². The van der Waals surface area contributed by atoms with Crippen molar-refractivity contribution in [1.82, 2.24) is 0 Å². The first-order chi connectivity index (χ1) is 15.8. The Balaban J connectivity index is 1.31. The van der Waals surface area contributed by atoms with Crippen LogP contribution in [0.1, 0.15) is 32.7 Å². The lowest BCUT2D eigenvalue weighted by Gasteiger charge is -2.28.